The first-order valence-electron chi connectivity index (χ1n) is 11.1. The average molecular weight is 569 g/mol. The van der Waals surface area contributed by atoms with Crippen LogP contribution in [0.3, 0.4) is 0 Å². The Hall–Kier alpha value is -2.37. The minimum Gasteiger partial charge on any atom is -0.469 e. The number of carbonyl (C=O) groups is 1. The van der Waals surface area contributed by atoms with E-state index < -0.39 is 0 Å². The number of guanidine groups is 1. The number of aliphatic imine (C=N–C) groups is 1. The number of halogens is 1. The Morgan fingerprint density at radius 3 is 2.64 bits per heavy atom. The molecule has 0 spiro atoms. The van der Waals surface area contributed by atoms with Crippen LogP contribution in [0.2, 0.25) is 0 Å². The molecule has 2 atom stereocenters. The highest BCUT2D eigenvalue weighted by Gasteiger charge is 2.37. The maximum atomic E-state index is 12.2. The third-order valence-electron chi connectivity index (χ3n) is 6.12. The fraction of sp³-hybridized carbons (Fsp3) is 0.565. The first kappa shape index (κ1) is 26.9. The molecular weight excluding hydrogens is 533 g/mol. The molecule has 2 unspecified atom stereocenters. The molecule has 182 valence electrons. The third-order valence-corrected chi connectivity index (χ3v) is 6.12. The molecule has 33 heavy (non-hydrogen) atoms. The number of para-hydroxylation sites is 1. The highest BCUT2D eigenvalue weighted by Crippen LogP contribution is 2.24. The van der Waals surface area contributed by atoms with Gasteiger partial charge in [0.05, 0.1) is 13.0 Å². The second-order valence-corrected chi connectivity index (χ2v) is 8.41. The third kappa shape index (κ3) is 7.05. The molecule has 2 heterocycles. The van der Waals surface area contributed by atoms with Gasteiger partial charge >= 0.3 is 5.97 Å². The van der Waals surface area contributed by atoms with Crippen molar-refractivity contribution in [3.05, 3.63) is 42.0 Å². The quantitative estimate of drug-likeness (QED) is 0.172. The summed E-state index contributed by atoms with van der Waals surface area (Å²) in [5.41, 5.74) is 1.20. The molecule has 3 rings (SSSR count). The number of hydrogen-bond acceptors (Lipinski definition) is 6. The molecule has 0 aliphatic carbocycles. The number of esters is 1. The largest absolute Gasteiger partial charge is 0.469 e. The van der Waals surface area contributed by atoms with Crippen LogP contribution < -0.4 is 10.2 Å². The number of carbonyl (C=O) groups excluding carboxylic acids is 1. The number of ether oxygens (including phenoxy) is 1. The number of likely N-dealkylation sites (tertiary alicyclic amines) is 1. The molecule has 2 aromatic rings. The first-order valence-corrected chi connectivity index (χ1v) is 11.1. The van der Waals surface area contributed by atoms with Gasteiger partial charge in [-0.25, -0.2) is 4.99 Å². The van der Waals surface area contributed by atoms with E-state index in [0.717, 1.165) is 43.7 Å². The number of rotatable bonds is 8. The van der Waals surface area contributed by atoms with E-state index in [1.54, 1.807) is 0 Å². The standard InChI is InChI=1S/C23H35N7O2.HI/c1-17-15-30(16-20(17)22(31)32-5)23(25-14-21-27-26-18(2)29(21)4)24-12-9-13-28(3)19-10-7-6-8-11-19;/h6-8,10-11,17,20H,9,12-16H2,1-5H3,(H,24,25);1H. The van der Waals surface area contributed by atoms with E-state index in [2.05, 4.69) is 63.6 Å². The number of aromatic nitrogens is 3. The van der Waals surface area contributed by atoms with Crippen molar-refractivity contribution < 1.29 is 9.53 Å². The number of nitrogens with zero attached hydrogens (tertiary/aromatic N) is 6. The summed E-state index contributed by atoms with van der Waals surface area (Å²) in [5, 5.41) is 11.8. The normalized spacial score (nSPS) is 18.1. The number of aryl methyl sites for hydroxylation is 1. The lowest BCUT2D eigenvalue weighted by molar-refractivity contribution is -0.145. The van der Waals surface area contributed by atoms with Crippen molar-refractivity contribution in [3.8, 4) is 0 Å². The van der Waals surface area contributed by atoms with Crippen molar-refractivity contribution in [2.45, 2.75) is 26.8 Å². The summed E-state index contributed by atoms with van der Waals surface area (Å²) >= 11 is 0. The number of nitrogens with one attached hydrogen (secondary N) is 1. The summed E-state index contributed by atoms with van der Waals surface area (Å²) in [7, 11) is 5.49. The van der Waals surface area contributed by atoms with Gasteiger partial charge in [-0.2, -0.15) is 0 Å². The second-order valence-electron chi connectivity index (χ2n) is 8.41. The van der Waals surface area contributed by atoms with Crippen molar-refractivity contribution in [2.75, 3.05) is 45.2 Å². The lowest BCUT2D eigenvalue weighted by Gasteiger charge is -2.23. The maximum Gasteiger partial charge on any atom is 0.310 e. The molecule has 1 aromatic carbocycles. The monoisotopic (exact) mass is 569 g/mol. The van der Waals surface area contributed by atoms with E-state index in [4.69, 9.17) is 9.73 Å². The van der Waals surface area contributed by atoms with Crippen molar-refractivity contribution >= 4 is 41.6 Å². The summed E-state index contributed by atoms with van der Waals surface area (Å²) in [6.45, 7) is 7.49. The fourth-order valence-electron chi connectivity index (χ4n) is 3.93. The van der Waals surface area contributed by atoms with Crippen LogP contribution in [0.25, 0.3) is 0 Å². The SMILES string of the molecule is COC(=O)C1CN(C(=NCc2nnc(C)n2C)NCCCN(C)c2ccccc2)CC1C.I. The molecule has 1 aliphatic heterocycles. The Balaban J connectivity index is 0.00000385. The molecule has 1 saturated heterocycles. The van der Waals surface area contributed by atoms with Gasteiger partial charge in [0.15, 0.2) is 11.8 Å². The van der Waals surface area contributed by atoms with Crippen LogP contribution in [-0.4, -0.2) is 71.9 Å². The summed E-state index contributed by atoms with van der Waals surface area (Å²) in [5.74, 6) is 2.36. The molecule has 0 saturated carbocycles. The van der Waals surface area contributed by atoms with Gasteiger partial charge in [0.25, 0.3) is 0 Å². The van der Waals surface area contributed by atoms with Crippen molar-refractivity contribution in [2.24, 2.45) is 23.9 Å². The molecule has 1 N–H and O–H groups in total. The predicted octanol–water partition coefficient (Wildman–Crippen LogP) is 2.45. The molecule has 10 heteroatoms. The number of methoxy groups -OCH3 is 1. The average Bonchev–Trinajstić information content (AvgIpc) is 3.35. The maximum absolute atomic E-state index is 12.2. The van der Waals surface area contributed by atoms with Crippen molar-refractivity contribution in [1.29, 1.82) is 0 Å². The van der Waals surface area contributed by atoms with E-state index in [-0.39, 0.29) is 41.8 Å². The Morgan fingerprint density at radius 2 is 2.00 bits per heavy atom. The van der Waals surface area contributed by atoms with Gasteiger partial charge < -0.3 is 24.4 Å². The zero-order valence-corrected chi connectivity index (χ0v) is 22.5. The summed E-state index contributed by atoms with van der Waals surface area (Å²) < 4.78 is 6.94. The molecule has 1 fully saturated rings. The fourth-order valence-corrected chi connectivity index (χ4v) is 3.93. The van der Waals surface area contributed by atoms with Crippen LogP contribution in [0.4, 0.5) is 5.69 Å². The van der Waals surface area contributed by atoms with Gasteiger partial charge in [0.2, 0.25) is 0 Å². The molecule has 0 amide bonds. The lowest BCUT2D eigenvalue weighted by atomic mass is 9.99. The zero-order valence-electron chi connectivity index (χ0n) is 20.2. The Labute approximate surface area is 213 Å². The van der Waals surface area contributed by atoms with Gasteiger partial charge in [-0.1, -0.05) is 25.1 Å². The van der Waals surface area contributed by atoms with Crippen LogP contribution >= 0.6 is 24.0 Å². The van der Waals surface area contributed by atoms with Gasteiger partial charge in [-0.3, -0.25) is 4.79 Å². The lowest BCUT2D eigenvalue weighted by Crippen LogP contribution is -2.41. The van der Waals surface area contributed by atoms with Crippen LogP contribution in [0.5, 0.6) is 0 Å². The highest BCUT2D eigenvalue weighted by molar-refractivity contribution is 14.0. The summed E-state index contributed by atoms with van der Waals surface area (Å²) in [6.07, 6.45) is 0.956. The van der Waals surface area contributed by atoms with Gasteiger partial charge in [0.1, 0.15) is 12.4 Å². The predicted molar refractivity (Wildman–Crippen MR) is 141 cm³/mol. The number of benzene rings is 1. The molecule has 1 aliphatic rings. The Kier molecular flexibility index (Phi) is 10.4. The summed E-state index contributed by atoms with van der Waals surface area (Å²) in [6, 6.07) is 10.4. The first-order chi connectivity index (χ1) is 15.4. The van der Waals surface area contributed by atoms with Crippen molar-refractivity contribution in [3.63, 3.8) is 0 Å². The second kappa shape index (κ2) is 12.8. The molecule has 9 nitrogen and oxygen atoms in total. The Bertz CT molecular complexity index is 919. The van der Waals surface area contributed by atoms with Crippen LogP contribution in [0.1, 0.15) is 25.0 Å². The molecule has 0 bridgehead atoms. The van der Waals surface area contributed by atoms with Crippen molar-refractivity contribution in [1.82, 2.24) is 25.0 Å². The number of hydrogen-bond donors (Lipinski definition) is 1. The van der Waals surface area contributed by atoms with E-state index in [1.807, 2.05) is 24.6 Å². The van der Waals surface area contributed by atoms with Gasteiger partial charge in [0, 0.05) is 46.0 Å². The van der Waals surface area contributed by atoms with Crippen LogP contribution in [0, 0.1) is 18.8 Å². The minimum absolute atomic E-state index is 0. The Morgan fingerprint density at radius 1 is 1.27 bits per heavy atom. The van der Waals surface area contributed by atoms with Gasteiger partial charge in [-0.05, 0) is 31.4 Å². The summed E-state index contributed by atoms with van der Waals surface area (Å²) in [4.78, 5) is 21.4. The van der Waals surface area contributed by atoms with Gasteiger partial charge in [-0.15, -0.1) is 34.2 Å². The molecular formula is C23H36IN7O2. The van der Waals surface area contributed by atoms with E-state index in [9.17, 15) is 4.79 Å². The van der Waals surface area contributed by atoms with E-state index >= 15 is 0 Å². The highest BCUT2D eigenvalue weighted by atomic mass is 127. The van der Waals surface area contributed by atoms with E-state index in [1.165, 1.54) is 12.8 Å². The number of anilines is 1. The minimum atomic E-state index is -0.159. The molecule has 0 radical (unpaired) electrons. The zero-order chi connectivity index (χ0) is 23.1. The molecule has 1 aromatic heterocycles. The van der Waals surface area contributed by atoms with Crippen LogP contribution in [-0.2, 0) is 23.1 Å². The topological polar surface area (TPSA) is 87.9 Å². The van der Waals surface area contributed by atoms with E-state index in [0.29, 0.717) is 13.1 Å². The van der Waals surface area contributed by atoms with Crippen LogP contribution in [0.15, 0.2) is 35.3 Å². The smallest absolute Gasteiger partial charge is 0.310 e.